The zero-order valence-corrected chi connectivity index (χ0v) is 17.1. The lowest BCUT2D eigenvalue weighted by molar-refractivity contribution is -0.134. The number of hydrogen-bond donors (Lipinski definition) is 0. The molecule has 2 heterocycles. The number of amides is 1. The van der Waals surface area contributed by atoms with Crippen molar-refractivity contribution in [3.05, 3.63) is 29.8 Å². The standard InChI is InChI=1S/C19H27F2N3O3S/c1-14-10-15(2)12-22(11-14)13-18(25)23-6-8-24(9-7-23)28(26,27)19-16(20)4-3-5-17(19)21/h3-5,14-15H,6-13H2,1-2H3/t14-,15+. The first-order valence-electron chi connectivity index (χ1n) is 9.62. The third-order valence-corrected chi connectivity index (χ3v) is 7.36. The zero-order valence-electron chi connectivity index (χ0n) is 16.3. The van der Waals surface area contributed by atoms with Gasteiger partial charge in [0.1, 0.15) is 11.6 Å². The number of carbonyl (C=O) groups is 1. The molecule has 0 bridgehead atoms. The van der Waals surface area contributed by atoms with Gasteiger partial charge in [-0.05, 0) is 30.4 Å². The van der Waals surface area contributed by atoms with E-state index < -0.39 is 26.6 Å². The predicted octanol–water partition coefficient (Wildman–Crippen LogP) is 1.78. The summed E-state index contributed by atoms with van der Waals surface area (Å²) in [5.41, 5.74) is 0. The van der Waals surface area contributed by atoms with Crippen LogP contribution in [0.2, 0.25) is 0 Å². The molecule has 0 aromatic heterocycles. The summed E-state index contributed by atoms with van der Waals surface area (Å²) in [5.74, 6) is -1.14. The van der Waals surface area contributed by atoms with Gasteiger partial charge in [-0.15, -0.1) is 0 Å². The van der Waals surface area contributed by atoms with E-state index in [9.17, 15) is 22.0 Å². The number of benzene rings is 1. The van der Waals surface area contributed by atoms with Gasteiger partial charge in [-0.3, -0.25) is 9.69 Å². The van der Waals surface area contributed by atoms with Crippen molar-refractivity contribution < 1.29 is 22.0 Å². The number of sulfonamides is 1. The van der Waals surface area contributed by atoms with Crippen LogP contribution < -0.4 is 0 Å². The molecule has 0 unspecified atom stereocenters. The van der Waals surface area contributed by atoms with Crippen LogP contribution in [-0.2, 0) is 14.8 Å². The van der Waals surface area contributed by atoms with Crippen molar-refractivity contribution in [1.82, 2.24) is 14.1 Å². The Kier molecular flexibility index (Phi) is 6.36. The first kappa shape index (κ1) is 21.1. The molecule has 2 aliphatic heterocycles. The quantitative estimate of drug-likeness (QED) is 0.752. The molecule has 2 aliphatic rings. The van der Waals surface area contributed by atoms with Crippen LogP contribution in [0.25, 0.3) is 0 Å². The molecule has 2 fully saturated rings. The molecule has 0 aliphatic carbocycles. The third-order valence-electron chi connectivity index (χ3n) is 5.41. The van der Waals surface area contributed by atoms with Gasteiger partial charge in [0.05, 0.1) is 6.54 Å². The Hall–Kier alpha value is -1.58. The lowest BCUT2D eigenvalue weighted by Crippen LogP contribution is -2.53. The summed E-state index contributed by atoms with van der Waals surface area (Å²) in [4.78, 5) is 15.5. The molecular formula is C19H27F2N3O3S. The number of halogens is 2. The Balaban J connectivity index is 1.60. The van der Waals surface area contributed by atoms with E-state index in [0.717, 1.165) is 42.0 Å². The molecule has 6 nitrogen and oxygen atoms in total. The van der Waals surface area contributed by atoms with E-state index in [1.165, 1.54) is 0 Å². The van der Waals surface area contributed by atoms with Gasteiger partial charge < -0.3 is 4.90 Å². The predicted molar refractivity (Wildman–Crippen MR) is 101 cm³/mol. The highest BCUT2D eigenvalue weighted by atomic mass is 32.2. The fourth-order valence-electron chi connectivity index (χ4n) is 4.25. The minimum absolute atomic E-state index is 0.0225. The van der Waals surface area contributed by atoms with Crippen molar-refractivity contribution in [2.45, 2.75) is 25.2 Å². The molecule has 9 heteroatoms. The van der Waals surface area contributed by atoms with Crippen LogP contribution in [-0.4, -0.2) is 74.2 Å². The topological polar surface area (TPSA) is 60.9 Å². The van der Waals surface area contributed by atoms with Gasteiger partial charge in [0.25, 0.3) is 0 Å². The Morgan fingerprint density at radius 2 is 1.57 bits per heavy atom. The maximum Gasteiger partial charge on any atom is 0.249 e. The number of piperidine rings is 1. The summed E-state index contributed by atoms with van der Waals surface area (Å²) < 4.78 is 54.1. The summed E-state index contributed by atoms with van der Waals surface area (Å²) in [6.45, 7) is 6.93. The molecule has 0 radical (unpaired) electrons. The highest BCUT2D eigenvalue weighted by Crippen LogP contribution is 2.24. The monoisotopic (exact) mass is 415 g/mol. The second kappa shape index (κ2) is 8.42. The SMILES string of the molecule is C[C@@H]1C[C@H](C)CN(CC(=O)N2CCN(S(=O)(=O)c3c(F)cccc3F)CC2)C1. The summed E-state index contributed by atoms with van der Waals surface area (Å²) in [7, 11) is -4.28. The van der Waals surface area contributed by atoms with Crippen molar-refractivity contribution in [2.24, 2.45) is 11.8 Å². The van der Waals surface area contributed by atoms with Crippen LogP contribution >= 0.6 is 0 Å². The molecule has 0 spiro atoms. The lowest BCUT2D eigenvalue weighted by atomic mass is 9.92. The Morgan fingerprint density at radius 1 is 1.04 bits per heavy atom. The lowest BCUT2D eigenvalue weighted by Gasteiger charge is -2.38. The molecule has 156 valence electrons. The van der Waals surface area contributed by atoms with Gasteiger partial charge in [0.2, 0.25) is 15.9 Å². The highest BCUT2D eigenvalue weighted by Gasteiger charge is 2.34. The second-order valence-corrected chi connectivity index (χ2v) is 9.85. The number of carbonyl (C=O) groups excluding carboxylic acids is 1. The largest absolute Gasteiger partial charge is 0.339 e. The molecule has 1 aromatic carbocycles. The van der Waals surface area contributed by atoms with Crippen LogP contribution in [0.1, 0.15) is 20.3 Å². The molecule has 28 heavy (non-hydrogen) atoms. The fourth-order valence-corrected chi connectivity index (χ4v) is 5.78. The average Bonchev–Trinajstić information content (AvgIpc) is 2.60. The molecule has 1 amide bonds. The van der Waals surface area contributed by atoms with Crippen molar-refractivity contribution >= 4 is 15.9 Å². The molecule has 3 rings (SSSR count). The van der Waals surface area contributed by atoms with Gasteiger partial charge in [0, 0.05) is 39.3 Å². The van der Waals surface area contributed by atoms with Gasteiger partial charge in [-0.25, -0.2) is 17.2 Å². The van der Waals surface area contributed by atoms with E-state index in [2.05, 4.69) is 18.7 Å². The number of likely N-dealkylation sites (tertiary alicyclic amines) is 1. The number of hydrogen-bond acceptors (Lipinski definition) is 4. The van der Waals surface area contributed by atoms with Crippen LogP contribution in [0.15, 0.2) is 23.1 Å². The molecule has 1 aromatic rings. The highest BCUT2D eigenvalue weighted by molar-refractivity contribution is 7.89. The van der Waals surface area contributed by atoms with E-state index in [4.69, 9.17) is 0 Å². The van der Waals surface area contributed by atoms with E-state index in [-0.39, 0.29) is 32.1 Å². The smallest absolute Gasteiger partial charge is 0.249 e. The zero-order chi connectivity index (χ0) is 20.5. The summed E-state index contributed by atoms with van der Waals surface area (Å²) in [5, 5.41) is 0. The van der Waals surface area contributed by atoms with E-state index in [1.54, 1.807) is 4.90 Å². The van der Waals surface area contributed by atoms with Gasteiger partial charge in [-0.2, -0.15) is 4.31 Å². The Bertz CT molecular complexity index is 795. The fraction of sp³-hybridized carbons (Fsp3) is 0.632. The second-order valence-electron chi connectivity index (χ2n) is 7.98. The van der Waals surface area contributed by atoms with Crippen molar-refractivity contribution in [3.8, 4) is 0 Å². The van der Waals surface area contributed by atoms with Gasteiger partial charge >= 0.3 is 0 Å². The summed E-state index contributed by atoms with van der Waals surface area (Å²) in [6.07, 6.45) is 1.16. The number of piperazine rings is 1. The number of rotatable bonds is 4. The van der Waals surface area contributed by atoms with Gasteiger partial charge in [0.15, 0.2) is 4.90 Å². The first-order valence-corrected chi connectivity index (χ1v) is 11.1. The minimum Gasteiger partial charge on any atom is -0.339 e. The van der Waals surface area contributed by atoms with Crippen molar-refractivity contribution in [2.75, 3.05) is 45.8 Å². The molecule has 2 saturated heterocycles. The maximum atomic E-state index is 13.9. The molecule has 0 N–H and O–H groups in total. The van der Waals surface area contributed by atoms with Crippen molar-refractivity contribution in [3.63, 3.8) is 0 Å². The first-order chi connectivity index (χ1) is 13.2. The normalized spacial score (nSPS) is 25.1. The molecular weight excluding hydrogens is 388 g/mol. The average molecular weight is 416 g/mol. The van der Waals surface area contributed by atoms with E-state index in [0.29, 0.717) is 18.4 Å². The maximum absolute atomic E-state index is 13.9. The van der Waals surface area contributed by atoms with Crippen LogP contribution in [0, 0.1) is 23.5 Å². The summed E-state index contributed by atoms with van der Waals surface area (Å²) in [6, 6.07) is 2.98. The summed E-state index contributed by atoms with van der Waals surface area (Å²) >= 11 is 0. The van der Waals surface area contributed by atoms with E-state index in [1.807, 2.05) is 0 Å². The van der Waals surface area contributed by atoms with Crippen LogP contribution in [0.5, 0.6) is 0 Å². The number of nitrogens with zero attached hydrogens (tertiary/aromatic N) is 3. The van der Waals surface area contributed by atoms with Crippen LogP contribution in [0.4, 0.5) is 8.78 Å². The van der Waals surface area contributed by atoms with Gasteiger partial charge in [-0.1, -0.05) is 19.9 Å². The molecule has 2 atom stereocenters. The van der Waals surface area contributed by atoms with Crippen molar-refractivity contribution in [1.29, 1.82) is 0 Å². The minimum atomic E-state index is -4.28. The van der Waals surface area contributed by atoms with Crippen LogP contribution in [0.3, 0.4) is 0 Å². The molecule has 0 saturated carbocycles. The third kappa shape index (κ3) is 4.52. The Labute approximate surface area is 165 Å². The Morgan fingerprint density at radius 3 is 2.11 bits per heavy atom. The van der Waals surface area contributed by atoms with E-state index >= 15 is 0 Å².